The summed E-state index contributed by atoms with van der Waals surface area (Å²) in [6.07, 6.45) is 1.92. The summed E-state index contributed by atoms with van der Waals surface area (Å²) in [5.41, 5.74) is 0.377. The first-order valence-electron chi connectivity index (χ1n) is 7.10. The molecule has 1 aliphatic heterocycles. The summed E-state index contributed by atoms with van der Waals surface area (Å²) < 4.78 is 28.8. The minimum atomic E-state index is -2.88. The molecular formula is C15H21F2N2O2+. The number of carbonyl (C=O) groups excluding carboxylic acids is 1. The molecule has 0 spiro atoms. The van der Waals surface area contributed by atoms with Gasteiger partial charge in [0, 0.05) is 31.5 Å². The molecule has 0 atom stereocenters. The number of carbonyl (C=O) groups is 1. The molecule has 0 aromatic heterocycles. The van der Waals surface area contributed by atoms with Gasteiger partial charge in [0.2, 0.25) is 0 Å². The number of halogens is 2. The van der Waals surface area contributed by atoms with Crippen molar-refractivity contribution in [1.29, 1.82) is 0 Å². The normalized spacial score (nSPS) is 22.1. The first-order chi connectivity index (χ1) is 9.97. The molecule has 2 rings (SSSR count). The topological polar surface area (TPSA) is 34.0 Å². The van der Waals surface area contributed by atoms with Gasteiger partial charge in [0.15, 0.2) is 0 Å². The smallest absolute Gasteiger partial charge is 0.387 e. The average Bonchev–Trinajstić information content (AvgIpc) is 2.46. The lowest BCUT2D eigenvalue weighted by Crippen LogP contribution is -3.10. The summed E-state index contributed by atoms with van der Waals surface area (Å²) in [5.74, 6) is -0.142. The molecular weight excluding hydrogens is 278 g/mol. The van der Waals surface area contributed by atoms with Gasteiger partial charge in [-0.25, -0.2) is 0 Å². The Morgan fingerprint density at radius 3 is 2.67 bits per heavy atom. The van der Waals surface area contributed by atoms with Crippen LogP contribution in [0.4, 0.5) is 8.78 Å². The van der Waals surface area contributed by atoms with Crippen molar-refractivity contribution in [2.75, 3.05) is 27.2 Å². The number of benzene rings is 1. The van der Waals surface area contributed by atoms with Crippen molar-refractivity contribution in [3.8, 4) is 5.75 Å². The zero-order chi connectivity index (χ0) is 15.4. The van der Waals surface area contributed by atoms with Crippen LogP contribution in [0.5, 0.6) is 5.75 Å². The van der Waals surface area contributed by atoms with Crippen LogP contribution in [0, 0.1) is 0 Å². The Bertz CT molecular complexity index is 488. The van der Waals surface area contributed by atoms with Gasteiger partial charge in [-0.05, 0) is 18.2 Å². The summed E-state index contributed by atoms with van der Waals surface area (Å²) in [5, 5.41) is 0. The molecule has 0 aliphatic carbocycles. The number of hydrogen-bond donors (Lipinski definition) is 1. The predicted octanol–water partition coefficient (Wildman–Crippen LogP) is 1.04. The molecule has 1 aromatic rings. The third-order valence-electron chi connectivity index (χ3n) is 3.98. The molecule has 116 valence electrons. The summed E-state index contributed by atoms with van der Waals surface area (Å²) in [6.45, 7) is -0.807. The molecule has 1 aromatic carbocycles. The molecule has 1 N–H and O–H groups in total. The highest BCUT2D eigenvalue weighted by atomic mass is 19.3. The van der Waals surface area contributed by atoms with E-state index in [-0.39, 0.29) is 17.7 Å². The highest BCUT2D eigenvalue weighted by molar-refractivity contribution is 5.94. The summed E-state index contributed by atoms with van der Waals surface area (Å²) >= 11 is 0. The van der Waals surface area contributed by atoms with Crippen LogP contribution in [0.15, 0.2) is 24.3 Å². The van der Waals surface area contributed by atoms with Crippen molar-refractivity contribution in [2.24, 2.45) is 0 Å². The van der Waals surface area contributed by atoms with Gasteiger partial charge in [-0.15, -0.1) is 0 Å². The minimum Gasteiger partial charge on any atom is -0.435 e. The fraction of sp³-hybridized carbons (Fsp3) is 0.533. The lowest BCUT2D eigenvalue weighted by molar-refractivity contribution is -0.885. The number of rotatable bonds is 4. The number of nitrogens with zero attached hydrogens (tertiary/aromatic N) is 1. The van der Waals surface area contributed by atoms with Crippen molar-refractivity contribution in [1.82, 2.24) is 4.90 Å². The Balaban J connectivity index is 2.05. The van der Waals surface area contributed by atoms with E-state index in [1.807, 2.05) is 0 Å². The van der Waals surface area contributed by atoms with Gasteiger partial charge >= 0.3 is 6.61 Å². The molecule has 4 nitrogen and oxygen atoms in total. The van der Waals surface area contributed by atoms with Crippen LogP contribution in [0.1, 0.15) is 23.2 Å². The SMILES string of the molecule is CN(C(=O)c1cccc(OC(F)F)c1)C1CC[NH+](C)CC1. The highest BCUT2D eigenvalue weighted by Gasteiger charge is 2.26. The lowest BCUT2D eigenvalue weighted by Gasteiger charge is -2.33. The quantitative estimate of drug-likeness (QED) is 0.901. The van der Waals surface area contributed by atoms with E-state index in [0.717, 1.165) is 25.9 Å². The number of likely N-dealkylation sites (tertiary alicyclic amines) is 1. The van der Waals surface area contributed by atoms with E-state index >= 15 is 0 Å². The van der Waals surface area contributed by atoms with Crippen LogP contribution in [0.3, 0.4) is 0 Å². The zero-order valence-corrected chi connectivity index (χ0v) is 12.3. The third-order valence-corrected chi connectivity index (χ3v) is 3.98. The summed E-state index contributed by atoms with van der Waals surface area (Å²) in [4.78, 5) is 15.6. The first kappa shape index (κ1) is 15.7. The van der Waals surface area contributed by atoms with E-state index in [1.165, 1.54) is 17.0 Å². The van der Waals surface area contributed by atoms with Crippen LogP contribution >= 0.6 is 0 Å². The highest BCUT2D eigenvalue weighted by Crippen LogP contribution is 2.19. The van der Waals surface area contributed by atoms with Crippen LogP contribution in [0.2, 0.25) is 0 Å². The Labute approximate surface area is 123 Å². The fourth-order valence-electron chi connectivity index (χ4n) is 2.66. The van der Waals surface area contributed by atoms with Crippen molar-refractivity contribution in [3.05, 3.63) is 29.8 Å². The number of amides is 1. The van der Waals surface area contributed by atoms with Crippen molar-refractivity contribution in [2.45, 2.75) is 25.5 Å². The van der Waals surface area contributed by atoms with Gasteiger partial charge in [0.05, 0.1) is 20.1 Å². The Morgan fingerprint density at radius 1 is 1.38 bits per heavy atom. The number of piperidine rings is 1. The van der Waals surface area contributed by atoms with E-state index in [0.29, 0.717) is 5.56 Å². The maximum Gasteiger partial charge on any atom is 0.387 e. The molecule has 1 saturated heterocycles. The van der Waals surface area contributed by atoms with E-state index in [4.69, 9.17) is 0 Å². The lowest BCUT2D eigenvalue weighted by atomic mass is 10.0. The number of quaternary nitrogens is 1. The molecule has 0 radical (unpaired) electrons. The van der Waals surface area contributed by atoms with Gasteiger partial charge in [0.1, 0.15) is 5.75 Å². The molecule has 0 bridgehead atoms. The van der Waals surface area contributed by atoms with Crippen LogP contribution < -0.4 is 9.64 Å². The second kappa shape index (κ2) is 6.85. The molecule has 0 saturated carbocycles. The van der Waals surface area contributed by atoms with Gasteiger partial charge in [-0.2, -0.15) is 8.78 Å². The van der Waals surface area contributed by atoms with Crippen LogP contribution in [-0.4, -0.2) is 50.6 Å². The Hall–Kier alpha value is -1.69. The number of ether oxygens (including phenoxy) is 1. The Kier molecular flexibility index (Phi) is 5.12. The van der Waals surface area contributed by atoms with Crippen molar-refractivity contribution < 1.29 is 23.2 Å². The molecule has 1 heterocycles. The summed E-state index contributed by atoms with van der Waals surface area (Å²) in [7, 11) is 3.91. The van der Waals surface area contributed by atoms with Gasteiger partial charge < -0.3 is 14.5 Å². The van der Waals surface area contributed by atoms with Gasteiger partial charge in [0.25, 0.3) is 5.91 Å². The number of alkyl halides is 2. The molecule has 1 fully saturated rings. The number of nitrogens with one attached hydrogen (secondary N) is 1. The third kappa shape index (κ3) is 4.14. The predicted molar refractivity (Wildman–Crippen MR) is 74.8 cm³/mol. The standard InChI is InChI=1S/C15H20F2N2O2/c1-18-8-6-12(7-9-18)19(2)14(20)11-4-3-5-13(10-11)21-15(16)17/h3-5,10,12,15H,6-9H2,1-2H3/p+1. The maximum atomic E-state index is 12.4. The van der Waals surface area contributed by atoms with Gasteiger partial charge in [-0.1, -0.05) is 6.07 Å². The first-order valence-corrected chi connectivity index (χ1v) is 7.10. The fourth-order valence-corrected chi connectivity index (χ4v) is 2.66. The van der Waals surface area contributed by atoms with E-state index < -0.39 is 6.61 Å². The van der Waals surface area contributed by atoms with E-state index in [2.05, 4.69) is 11.8 Å². The summed E-state index contributed by atoms with van der Waals surface area (Å²) in [6, 6.07) is 6.17. The average molecular weight is 299 g/mol. The van der Waals surface area contributed by atoms with Crippen molar-refractivity contribution >= 4 is 5.91 Å². The van der Waals surface area contributed by atoms with Gasteiger partial charge in [-0.3, -0.25) is 4.79 Å². The second-order valence-corrected chi connectivity index (χ2v) is 5.51. The zero-order valence-electron chi connectivity index (χ0n) is 12.3. The van der Waals surface area contributed by atoms with E-state index in [9.17, 15) is 13.6 Å². The molecule has 21 heavy (non-hydrogen) atoms. The van der Waals surface area contributed by atoms with Crippen LogP contribution in [-0.2, 0) is 0 Å². The monoisotopic (exact) mass is 299 g/mol. The van der Waals surface area contributed by atoms with Crippen LogP contribution in [0.25, 0.3) is 0 Å². The van der Waals surface area contributed by atoms with E-state index in [1.54, 1.807) is 24.1 Å². The molecule has 1 aliphatic rings. The minimum absolute atomic E-state index is 0.0112. The second-order valence-electron chi connectivity index (χ2n) is 5.51. The Morgan fingerprint density at radius 2 is 2.05 bits per heavy atom. The largest absolute Gasteiger partial charge is 0.435 e. The molecule has 0 unspecified atom stereocenters. The number of hydrogen-bond acceptors (Lipinski definition) is 2. The molecule has 1 amide bonds. The van der Waals surface area contributed by atoms with Crippen molar-refractivity contribution in [3.63, 3.8) is 0 Å². The molecule has 6 heteroatoms. The maximum absolute atomic E-state index is 12.4.